The highest BCUT2D eigenvalue weighted by Gasteiger charge is 2.35. The molecule has 2 aliphatic heterocycles. The molecule has 28 heavy (non-hydrogen) atoms. The number of nitrogens with zero attached hydrogens (tertiary/aromatic N) is 2. The van der Waals surface area contributed by atoms with Gasteiger partial charge in [0, 0.05) is 51.6 Å². The van der Waals surface area contributed by atoms with Gasteiger partial charge in [-0.25, -0.2) is 8.78 Å². The van der Waals surface area contributed by atoms with E-state index in [1.807, 2.05) is 4.90 Å². The van der Waals surface area contributed by atoms with Crippen molar-refractivity contribution in [2.45, 2.75) is 37.8 Å². The van der Waals surface area contributed by atoms with Crippen molar-refractivity contribution in [3.05, 3.63) is 35.4 Å². The molecule has 0 bridgehead atoms. The van der Waals surface area contributed by atoms with E-state index in [-0.39, 0.29) is 30.2 Å². The quantitative estimate of drug-likeness (QED) is 0.766. The second kappa shape index (κ2) is 9.43. The zero-order chi connectivity index (χ0) is 20.1. The van der Waals surface area contributed by atoms with Crippen LogP contribution in [0.1, 0.15) is 36.0 Å². The molecule has 1 aromatic carbocycles. The maximum atomic E-state index is 13.9. The average Bonchev–Trinajstić information content (AvgIpc) is 2.69. The van der Waals surface area contributed by atoms with Crippen LogP contribution < -0.4 is 0 Å². The standard InChI is InChI=1S/C20H26F2N2O4/c1-27-13-19(25)24(16-6-10-28-11-7-16)15-4-8-23(9-5-15)20(26)17-3-2-14(21)12-18(17)22/h2-3,12,15-16H,4-11,13H2,1H3. The first-order chi connectivity index (χ1) is 13.5. The van der Waals surface area contributed by atoms with Crippen molar-refractivity contribution in [1.82, 2.24) is 9.80 Å². The molecule has 6 nitrogen and oxygen atoms in total. The molecule has 8 heteroatoms. The lowest BCUT2D eigenvalue weighted by Crippen LogP contribution is -2.54. The third-order valence-electron chi connectivity index (χ3n) is 5.45. The van der Waals surface area contributed by atoms with Crippen LogP contribution in [0.5, 0.6) is 0 Å². The minimum absolute atomic E-state index is 0.00728. The topological polar surface area (TPSA) is 59.1 Å². The van der Waals surface area contributed by atoms with Crippen LogP contribution in [-0.2, 0) is 14.3 Å². The van der Waals surface area contributed by atoms with Gasteiger partial charge >= 0.3 is 0 Å². The molecule has 1 aromatic rings. The van der Waals surface area contributed by atoms with Crippen LogP contribution in [-0.4, -0.2) is 73.7 Å². The van der Waals surface area contributed by atoms with E-state index < -0.39 is 17.5 Å². The van der Waals surface area contributed by atoms with Crippen molar-refractivity contribution in [3.63, 3.8) is 0 Å². The van der Waals surface area contributed by atoms with Gasteiger partial charge in [0.05, 0.1) is 5.56 Å². The fourth-order valence-electron chi connectivity index (χ4n) is 4.05. The molecule has 0 spiro atoms. The summed E-state index contributed by atoms with van der Waals surface area (Å²) >= 11 is 0. The number of methoxy groups -OCH3 is 1. The molecule has 2 saturated heterocycles. The molecule has 0 saturated carbocycles. The number of halogens is 2. The van der Waals surface area contributed by atoms with E-state index >= 15 is 0 Å². The Bertz CT molecular complexity index is 701. The van der Waals surface area contributed by atoms with Crippen molar-refractivity contribution in [2.24, 2.45) is 0 Å². The lowest BCUT2D eigenvalue weighted by molar-refractivity contribution is -0.143. The molecule has 2 fully saturated rings. The molecule has 0 atom stereocenters. The number of ether oxygens (including phenoxy) is 2. The third kappa shape index (κ3) is 4.67. The van der Waals surface area contributed by atoms with Gasteiger partial charge < -0.3 is 19.3 Å². The number of rotatable bonds is 5. The van der Waals surface area contributed by atoms with Gasteiger partial charge in [-0.05, 0) is 37.8 Å². The van der Waals surface area contributed by atoms with Crippen molar-refractivity contribution < 1.29 is 27.8 Å². The number of carbonyl (C=O) groups excluding carboxylic acids is 2. The maximum Gasteiger partial charge on any atom is 0.256 e. The van der Waals surface area contributed by atoms with Crippen molar-refractivity contribution >= 4 is 11.8 Å². The van der Waals surface area contributed by atoms with Crippen molar-refractivity contribution in [3.8, 4) is 0 Å². The Labute approximate surface area is 163 Å². The summed E-state index contributed by atoms with van der Waals surface area (Å²) in [7, 11) is 1.50. The fraction of sp³-hybridized carbons (Fsp3) is 0.600. The first-order valence-electron chi connectivity index (χ1n) is 9.63. The van der Waals surface area contributed by atoms with Crippen molar-refractivity contribution in [2.75, 3.05) is 40.0 Å². The van der Waals surface area contributed by atoms with Gasteiger partial charge in [0.15, 0.2) is 0 Å². The van der Waals surface area contributed by atoms with Gasteiger partial charge in [-0.2, -0.15) is 0 Å². The largest absolute Gasteiger partial charge is 0.381 e. The third-order valence-corrected chi connectivity index (χ3v) is 5.45. The number of hydrogen-bond acceptors (Lipinski definition) is 4. The molecule has 2 heterocycles. The predicted molar refractivity (Wildman–Crippen MR) is 97.8 cm³/mol. The maximum absolute atomic E-state index is 13.9. The molecule has 0 aromatic heterocycles. The molecule has 3 rings (SSSR count). The summed E-state index contributed by atoms with van der Waals surface area (Å²) in [6.07, 6.45) is 2.80. The highest BCUT2D eigenvalue weighted by atomic mass is 19.1. The Morgan fingerprint density at radius 2 is 1.79 bits per heavy atom. The highest BCUT2D eigenvalue weighted by Crippen LogP contribution is 2.25. The molecule has 154 valence electrons. The molecule has 0 unspecified atom stereocenters. The van der Waals surface area contributed by atoms with E-state index in [0.29, 0.717) is 39.1 Å². The second-order valence-electron chi connectivity index (χ2n) is 7.23. The molecule has 0 N–H and O–H groups in total. The number of amides is 2. The predicted octanol–water partition coefficient (Wildman–Crippen LogP) is 2.22. The van der Waals surface area contributed by atoms with Crippen LogP contribution in [0.4, 0.5) is 8.78 Å². The summed E-state index contributed by atoms with van der Waals surface area (Å²) in [6.45, 7) is 2.11. The van der Waals surface area contributed by atoms with Gasteiger partial charge in [0.1, 0.15) is 18.2 Å². The lowest BCUT2D eigenvalue weighted by atomic mass is 9.97. The first-order valence-corrected chi connectivity index (χ1v) is 9.63. The van der Waals surface area contributed by atoms with Crippen LogP contribution >= 0.6 is 0 Å². The number of hydrogen-bond donors (Lipinski definition) is 0. The van der Waals surface area contributed by atoms with E-state index in [1.54, 1.807) is 4.90 Å². The zero-order valence-corrected chi connectivity index (χ0v) is 16.0. The second-order valence-corrected chi connectivity index (χ2v) is 7.23. The Hall–Kier alpha value is -2.06. The van der Waals surface area contributed by atoms with Crippen LogP contribution in [0.2, 0.25) is 0 Å². The summed E-state index contributed by atoms with van der Waals surface area (Å²) in [5.74, 6) is -2.07. The van der Waals surface area contributed by atoms with Crippen LogP contribution in [0.3, 0.4) is 0 Å². The first kappa shape index (κ1) is 20.7. The molecular formula is C20H26F2N2O4. The van der Waals surface area contributed by atoms with Gasteiger partial charge in [0.25, 0.3) is 5.91 Å². The highest BCUT2D eigenvalue weighted by molar-refractivity contribution is 5.94. The number of carbonyl (C=O) groups is 2. The van der Waals surface area contributed by atoms with Gasteiger partial charge in [-0.15, -0.1) is 0 Å². The van der Waals surface area contributed by atoms with E-state index in [0.717, 1.165) is 25.0 Å². The van der Waals surface area contributed by atoms with Crippen LogP contribution in [0.15, 0.2) is 18.2 Å². The van der Waals surface area contributed by atoms with Gasteiger partial charge in [-0.1, -0.05) is 0 Å². The smallest absolute Gasteiger partial charge is 0.256 e. The normalized spacial score (nSPS) is 18.9. The Morgan fingerprint density at radius 3 is 2.39 bits per heavy atom. The molecule has 2 amide bonds. The SMILES string of the molecule is COCC(=O)N(C1CCOCC1)C1CCN(C(=O)c2ccc(F)cc2F)CC1. The zero-order valence-electron chi connectivity index (χ0n) is 16.0. The van der Waals surface area contributed by atoms with E-state index in [2.05, 4.69) is 0 Å². The molecule has 0 aliphatic carbocycles. The minimum Gasteiger partial charge on any atom is -0.381 e. The average molecular weight is 396 g/mol. The van der Waals surface area contributed by atoms with E-state index in [4.69, 9.17) is 9.47 Å². The van der Waals surface area contributed by atoms with Gasteiger partial charge in [-0.3, -0.25) is 9.59 Å². The molecule has 2 aliphatic rings. The summed E-state index contributed by atoms with van der Waals surface area (Å²) < 4.78 is 37.5. The van der Waals surface area contributed by atoms with Crippen LogP contribution in [0, 0.1) is 11.6 Å². The minimum atomic E-state index is -0.855. The summed E-state index contributed by atoms with van der Waals surface area (Å²) in [6, 6.07) is 3.09. The molecule has 0 radical (unpaired) electrons. The van der Waals surface area contributed by atoms with E-state index in [1.165, 1.54) is 13.2 Å². The Kier molecular flexibility index (Phi) is 6.96. The number of likely N-dealkylation sites (tertiary alicyclic amines) is 1. The Morgan fingerprint density at radius 1 is 1.14 bits per heavy atom. The van der Waals surface area contributed by atoms with E-state index in [9.17, 15) is 18.4 Å². The number of benzene rings is 1. The van der Waals surface area contributed by atoms with Gasteiger partial charge in [0.2, 0.25) is 5.91 Å². The van der Waals surface area contributed by atoms with Crippen molar-refractivity contribution in [1.29, 1.82) is 0 Å². The molecular weight excluding hydrogens is 370 g/mol. The summed E-state index contributed by atoms with van der Waals surface area (Å²) in [4.78, 5) is 28.7. The lowest BCUT2D eigenvalue weighted by Gasteiger charge is -2.43. The summed E-state index contributed by atoms with van der Waals surface area (Å²) in [5.41, 5.74) is -0.128. The monoisotopic (exact) mass is 396 g/mol. The summed E-state index contributed by atoms with van der Waals surface area (Å²) in [5, 5.41) is 0. The fourth-order valence-corrected chi connectivity index (χ4v) is 4.05. The van der Waals surface area contributed by atoms with Crippen LogP contribution in [0.25, 0.3) is 0 Å². The number of piperidine rings is 1. The Balaban J connectivity index is 1.66.